The number of aldehydes is 1. The molecule has 1 aromatic rings. The molecule has 0 spiro atoms. The van der Waals surface area contributed by atoms with Crippen molar-refractivity contribution in [3.8, 4) is 0 Å². The van der Waals surface area contributed by atoms with Crippen molar-refractivity contribution in [1.29, 1.82) is 0 Å². The lowest BCUT2D eigenvalue weighted by atomic mass is 10.2. The highest BCUT2D eigenvalue weighted by Crippen LogP contribution is 2.22. The Morgan fingerprint density at radius 3 is 2.82 bits per heavy atom. The van der Waals surface area contributed by atoms with Crippen LogP contribution in [0.5, 0.6) is 0 Å². The molecular weight excluding hydrogens is 180 g/mol. The van der Waals surface area contributed by atoms with Crippen LogP contribution in [-0.4, -0.2) is 12.5 Å². The fourth-order valence-electron chi connectivity index (χ4n) is 0.797. The van der Waals surface area contributed by atoms with Gasteiger partial charge in [0.1, 0.15) is 0 Å². The van der Waals surface area contributed by atoms with E-state index in [2.05, 4.69) is 0 Å². The first kappa shape index (κ1) is 8.62. The van der Waals surface area contributed by atoms with Crippen LogP contribution < -0.4 is 0 Å². The van der Waals surface area contributed by atoms with Gasteiger partial charge in [0.2, 0.25) is 0 Å². The zero-order valence-electron chi connectivity index (χ0n) is 6.00. The maximum absolute atomic E-state index is 10.5. The van der Waals surface area contributed by atoms with Crippen LogP contribution in [0.1, 0.15) is 10.4 Å². The van der Waals surface area contributed by atoms with Gasteiger partial charge in [-0.15, -0.1) is 11.8 Å². The monoisotopic (exact) mass is 186 g/mol. The lowest BCUT2D eigenvalue weighted by Crippen LogP contribution is -1.83. The average Bonchev–Trinajstić information content (AvgIpc) is 2.04. The molecule has 0 saturated carbocycles. The summed E-state index contributed by atoms with van der Waals surface area (Å²) in [6.45, 7) is 0. The summed E-state index contributed by atoms with van der Waals surface area (Å²) in [6.07, 6.45) is 2.74. The van der Waals surface area contributed by atoms with E-state index in [9.17, 15) is 4.79 Å². The SMILES string of the molecule is CSc1ccc(Cl)cc1C=O. The number of hydrogen-bond donors (Lipinski definition) is 0. The number of benzene rings is 1. The van der Waals surface area contributed by atoms with Crippen molar-refractivity contribution >= 4 is 29.6 Å². The van der Waals surface area contributed by atoms with Crippen LogP contribution in [0.3, 0.4) is 0 Å². The largest absolute Gasteiger partial charge is 0.298 e. The van der Waals surface area contributed by atoms with Gasteiger partial charge >= 0.3 is 0 Å². The smallest absolute Gasteiger partial charge is 0.151 e. The van der Waals surface area contributed by atoms with Crippen LogP contribution >= 0.6 is 23.4 Å². The van der Waals surface area contributed by atoms with Crippen LogP contribution in [0.25, 0.3) is 0 Å². The Morgan fingerprint density at radius 1 is 1.55 bits per heavy atom. The molecule has 1 aromatic carbocycles. The molecule has 0 bridgehead atoms. The van der Waals surface area contributed by atoms with Crippen molar-refractivity contribution in [2.75, 3.05) is 6.26 Å². The van der Waals surface area contributed by atoms with Gasteiger partial charge in [-0.2, -0.15) is 0 Å². The summed E-state index contributed by atoms with van der Waals surface area (Å²) in [4.78, 5) is 11.4. The first-order valence-electron chi connectivity index (χ1n) is 3.06. The van der Waals surface area contributed by atoms with E-state index in [4.69, 9.17) is 11.6 Å². The van der Waals surface area contributed by atoms with Gasteiger partial charge in [0.15, 0.2) is 6.29 Å². The van der Waals surface area contributed by atoms with Gasteiger partial charge < -0.3 is 0 Å². The summed E-state index contributed by atoms with van der Waals surface area (Å²) >= 11 is 7.22. The first-order chi connectivity index (χ1) is 5.27. The zero-order valence-corrected chi connectivity index (χ0v) is 7.58. The van der Waals surface area contributed by atoms with E-state index >= 15 is 0 Å². The molecule has 0 radical (unpaired) electrons. The van der Waals surface area contributed by atoms with Crippen LogP contribution in [0, 0.1) is 0 Å². The van der Waals surface area contributed by atoms with Crippen molar-refractivity contribution < 1.29 is 4.79 Å². The third kappa shape index (κ3) is 1.98. The molecule has 0 N–H and O–H groups in total. The minimum Gasteiger partial charge on any atom is -0.298 e. The van der Waals surface area contributed by atoms with Gasteiger partial charge in [0, 0.05) is 15.5 Å². The number of thioether (sulfide) groups is 1. The van der Waals surface area contributed by atoms with Crippen molar-refractivity contribution in [2.24, 2.45) is 0 Å². The predicted octanol–water partition coefficient (Wildman–Crippen LogP) is 2.87. The quantitative estimate of drug-likeness (QED) is 0.522. The third-order valence-corrected chi connectivity index (χ3v) is 2.37. The molecular formula is C8H7ClOS. The van der Waals surface area contributed by atoms with E-state index in [0.717, 1.165) is 11.2 Å². The van der Waals surface area contributed by atoms with Gasteiger partial charge in [-0.3, -0.25) is 4.79 Å². The molecule has 0 amide bonds. The van der Waals surface area contributed by atoms with Crippen molar-refractivity contribution in [1.82, 2.24) is 0 Å². The summed E-state index contributed by atoms with van der Waals surface area (Å²) in [7, 11) is 0. The Morgan fingerprint density at radius 2 is 2.27 bits per heavy atom. The molecule has 1 rings (SSSR count). The second-order valence-electron chi connectivity index (χ2n) is 2.00. The molecule has 0 atom stereocenters. The van der Waals surface area contributed by atoms with Gasteiger partial charge in [-0.1, -0.05) is 11.6 Å². The van der Waals surface area contributed by atoms with Gasteiger partial charge in [-0.25, -0.2) is 0 Å². The highest BCUT2D eigenvalue weighted by molar-refractivity contribution is 7.98. The van der Waals surface area contributed by atoms with E-state index in [-0.39, 0.29) is 0 Å². The second kappa shape index (κ2) is 3.79. The molecule has 0 aliphatic heterocycles. The maximum atomic E-state index is 10.5. The van der Waals surface area contributed by atoms with Gasteiger partial charge in [0.25, 0.3) is 0 Å². The summed E-state index contributed by atoms with van der Waals surface area (Å²) in [6, 6.07) is 5.29. The molecule has 0 fully saturated rings. The first-order valence-corrected chi connectivity index (χ1v) is 4.67. The molecule has 0 saturated heterocycles. The van der Waals surface area contributed by atoms with Crippen molar-refractivity contribution in [3.63, 3.8) is 0 Å². The predicted molar refractivity (Wildman–Crippen MR) is 48.6 cm³/mol. The molecule has 0 aromatic heterocycles. The molecule has 3 heteroatoms. The highest BCUT2D eigenvalue weighted by atomic mass is 35.5. The van der Waals surface area contributed by atoms with E-state index in [0.29, 0.717) is 10.6 Å². The van der Waals surface area contributed by atoms with Crippen LogP contribution in [0.4, 0.5) is 0 Å². The summed E-state index contributed by atoms with van der Waals surface area (Å²) in [5.41, 5.74) is 0.657. The molecule has 1 nitrogen and oxygen atoms in total. The summed E-state index contributed by atoms with van der Waals surface area (Å²) in [5.74, 6) is 0. The number of halogens is 1. The lowest BCUT2D eigenvalue weighted by Gasteiger charge is -1.99. The standard InChI is InChI=1S/C8H7ClOS/c1-11-8-3-2-7(9)4-6(8)5-10/h2-5H,1H3. The number of carbonyl (C=O) groups is 1. The fourth-order valence-corrected chi connectivity index (χ4v) is 1.52. The maximum Gasteiger partial charge on any atom is 0.151 e. The summed E-state index contributed by atoms with van der Waals surface area (Å²) < 4.78 is 0. The topological polar surface area (TPSA) is 17.1 Å². The van der Waals surface area contributed by atoms with Gasteiger partial charge in [0.05, 0.1) is 0 Å². The Bertz CT molecular complexity index is 273. The van der Waals surface area contributed by atoms with Crippen LogP contribution in [0.2, 0.25) is 5.02 Å². The molecule has 58 valence electrons. The molecule has 0 aliphatic rings. The van der Waals surface area contributed by atoms with Crippen molar-refractivity contribution in [2.45, 2.75) is 4.90 Å². The van der Waals surface area contributed by atoms with E-state index < -0.39 is 0 Å². The lowest BCUT2D eigenvalue weighted by molar-refractivity contribution is 0.112. The number of rotatable bonds is 2. The zero-order chi connectivity index (χ0) is 8.27. The van der Waals surface area contributed by atoms with Crippen molar-refractivity contribution in [3.05, 3.63) is 28.8 Å². The van der Waals surface area contributed by atoms with Crippen LogP contribution in [-0.2, 0) is 0 Å². The summed E-state index contributed by atoms with van der Waals surface area (Å²) in [5, 5.41) is 0.602. The average molecular weight is 187 g/mol. The fraction of sp³-hybridized carbons (Fsp3) is 0.125. The Labute approximate surface area is 74.7 Å². The van der Waals surface area contributed by atoms with E-state index in [1.54, 1.807) is 12.1 Å². The second-order valence-corrected chi connectivity index (χ2v) is 3.29. The van der Waals surface area contributed by atoms with E-state index in [1.165, 1.54) is 11.8 Å². The molecule has 0 heterocycles. The highest BCUT2D eigenvalue weighted by Gasteiger charge is 1.99. The van der Waals surface area contributed by atoms with Gasteiger partial charge in [-0.05, 0) is 24.5 Å². The Hall–Kier alpha value is -0.470. The molecule has 11 heavy (non-hydrogen) atoms. The Kier molecular flexibility index (Phi) is 2.97. The normalized spacial score (nSPS) is 9.64. The molecule has 0 aliphatic carbocycles. The number of hydrogen-bond acceptors (Lipinski definition) is 2. The third-order valence-electron chi connectivity index (χ3n) is 1.32. The number of carbonyl (C=O) groups excluding carboxylic acids is 1. The minimum atomic E-state index is 0.602. The van der Waals surface area contributed by atoms with Crippen LogP contribution in [0.15, 0.2) is 23.1 Å². The Balaban J connectivity index is 3.16. The minimum absolute atomic E-state index is 0.602. The van der Waals surface area contributed by atoms with E-state index in [1.807, 2.05) is 12.3 Å². The molecule has 0 unspecified atom stereocenters.